The largest absolute Gasteiger partial charge is 0.391 e. The number of carbonyl (C=O) groups excluding carboxylic acids is 3. The zero-order valence-corrected chi connectivity index (χ0v) is 28.5. The second-order valence-electron chi connectivity index (χ2n) is 12.3. The summed E-state index contributed by atoms with van der Waals surface area (Å²) in [5, 5.41) is 20.2. The number of imidazole rings is 1. The monoisotopic (exact) mass is 710 g/mol. The Labute approximate surface area is 291 Å². The van der Waals surface area contributed by atoms with E-state index in [2.05, 4.69) is 20.7 Å². The number of aliphatic hydroxyl groups is 1. The van der Waals surface area contributed by atoms with Crippen LogP contribution < -0.4 is 10.6 Å². The highest BCUT2D eigenvalue weighted by atomic mass is 35.5. The van der Waals surface area contributed by atoms with Gasteiger partial charge in [0.2, 0.25) is 5.91 Å². The Balaban J connectivity index is 1.11. The van der Waals surface area contributed by atoms with Gasteiger partial charge in [-0.15, -0.1) is 0 Å². The van der Waals surface area contributed by atoms with E-state index in [0.29, 0.717) is 69.2 Å². The molecule has 3 N–H and O–H groups in total. The molecule has 2 aliphatic heterocycles. The summed E-state index contributed by atoms with van der Waals surface area (Å²) in [6.45, 7) is 4.43. The number of aryl methyl sites for hydroxylation is 1. The zero-order valence-electron chi connectivity index (χ0n) is 27.8. The molecule has 4 heterocycles. The molecule has 2 aromatic heterocycles. The van der Waals surface area contributed by atoms with Gasteiger partial charge in [-0.1, -0.05) is 17.7 Å². The molecule has 0 unspecified atom stereocenters. The van der Waals surface area contributed by atoms with Crippen molar-refractivity contribution in [2.45, 2.75) is 32.0 Å². The van der Waals surface area contributed by atoms with Gasteiger partial charge in [0.05, 0.1) is 47.4 Å². The van der Waals surface area contributed by atoms with Crippen LogP contribution in [0.4, 0.5) is 14.5 Å². The normalized spacial score (nSPS) is 17.7. The summed E-state index contributed by atoms with van der Waals surface area (Å²) in [5.74, 6) is -3.33. The number of nitrogens with zero attached hydrogens (tertiary/aromatic N) is 6. The van der Waals surface area contributed by atoms with Crippen molar-refractivity contribution in [3.05, 3.63) is 76.5 Å². The van der Waals surface area contributed by atoms with Gasteiger partial charge in [-0.05, 0) is 44.2 Å². The number of halogens is 3. The van der Waals surface area contributed by atoms with E-state index < -0.39 is 29.7 Å². The number of benzene rings is 2. The maximum atomic E-state index is 15.5. The maximum absolute atomic E-state index is 15.5. The van der Waals surface area contributed by atoms with Crippen molar-refractivity contribution in [2.24, 2.45) is 7.05 Å². The minimum atomic E-state index is -1.09. The van der Waals surface area contributed by atoms with E-state index in [1.165, 1.54) is 48.1 Å². The van der Waals surface area contributed by atoms with Crippen LogP contribution in [-0.4, -0.2) is 111 Å². The van der Waals surface area contributed by atoms with Gasteiger partial charge in [-0.25, -0.2) is 13.8 Å². The maximum Gasteiger partial charge on any atom is 0.291 e. The molecule has 0 aliphatic carbocycles. The topological polar surface area (TPSA) is 147 Å². The summed E-state index contributed by atoms with van der Waals surface area (Å²) >= 11 is 6.48. The standard InChI is InChI=1S/C34H37ClF2N8O5/c1-19-24(18-45(41-19)14-15-50-3)21-6-7-23(29(37)28(21)36)26-17-39-31(42(26)2)32(47)40-20-4-5-22(25(35)16-20)33(48)43-10-12-44(13-11-43)34(49)30-27(46)8-9-38-30/h4-7,16-18,27,30,38,46H,8-15H2,1-3H3,(H,40,47)/t27-,30-/m0/s1. The van der Waals surface area contributed by atoms with Crippen molar-refractivity contribution in [3.8, 4) is 22.4 Å². The number of aromatic nitrogens is 4. The number of amides is 3. The van der Waals surface area contributed by atoms with E-state index in [4.69, 9.17) is 16.3 Å². The summed E-state index contributed by atoms with van der Waals surface area (Å²) in [5.41, 5.74) is 1.68. The summed E-state index contributed by atoms with van der Waals surface area (Å²) in [6, 6.07) is 6.75. The predicted molar refractivity (Wildman–Crippen MR) is 181 cm³/mol. The molecule has 0 saturated carbocycles. The highest BCUT2D eigenvalue weighted by Crippen LogP contribution is 2.33. The molecule has 0 radical (unpaired) electrons. The Morgan fingerprint density at radius 2 is 1.76 bits per heavy atom. The van der Waals surface area contributed by atoms with Crippen LogP contribution in [0.1, 0.15) is 33.1 Å². The molecule has 264 valence electrons. The number of rotatable bonds is 9. The van der Waals surface area contributed by atoms with Gasteiger partial charge in [-0.3, -0.25) is 19.1 Å². The van der Waals surface area contributed by atoms with Gasteiger partial charge >= 0.3 is 0 Å². The van der Waals surface area contributed by atoms with Crippen molar-refractivity contribution in [1.82, 2.24) is 34.4 Å². The molecule has 13 nitrogen and oxygen atoms in total. The summed E-state index contributed by atoms with van der Waals surface area (Å²) < 4.78 is 38.9. The van der Waals surface area contributed by atoms with Crippen LogP contribution in [0.5, 0.6) is 0 Å². The van der Waals surface area contributed by atoms with Crippen molar-refractivity contribution in [3.63, 3.8) is 0 Å². The molecule has 4 aromatic rings. The molecule has 2 atom stereocenters. The van der Waals surface area contributed by atoms with Crippen molar-refractivity contribution in [2.75, 3.05) is 51.8 Å². The van der Waals surface area contributed by atoms with E-state index >= 15 is 8.78 Å². The third-order valence-electron chi connectivity index (χ3n) is 9.10. The summed E-state index contributed by atoms with van der Waals surface area (Å²) in [7, 11) is 3.08. The Morgan fingerprint density at radius 3 is 2.44 bits per heavy atom. The number of piperazine rings is 1. The third kappa shape index (κ3) is 6.86. The number of methoxy groups -OCH3 is 1. The number of carbonyl (C=O) groups is 3. The molecular formula is C34H37ClF2N8O5. The molecule has 3 amide bonds. The number of aliphatic hydroxyl groups excluding tert-OH is 1. The zero-order chi connectivity index (χ0) is 35.7. The molecule has 50 heavy (non-hydrogen) atoms. The molecule has 16 heteroatoms. The van der Waals surface area contributed by atoms with Gasteiger partial charge < -0.3 is 34.8 Å². The first-order valence-corrected chi connectivity index (χ1v) is 16.5. The highest BCUT2D eigenvalue weighted by molar-refractivity contribution is 6.34. The fourth-order valence-electron chi connectivity index (χ4n) is 6.30. The van der Waals surface area contributed by atoms with Crippen LogP contribution in [0, 0.1) is 18.6 Å². The second kappa shape index (κ2) is 14.6. The molecular weight excluding hydrogens is 674 g/mol. The highest BCUT2D eigenvalue weighted by Gasteiger charge is 2.36. The summed E-state index contributed by atoms with van der Waals surface area (Å²) in [6.07, 6.45) is 2.73. The molecule has 2 aromatic carbocycles. The number of nitrogens with one attached hydrogen (secondary N) is 2. The summed E-state index contributed by atoms with van der Waals surface area (Å²) in [4.78, 5) is 46.6. The number of hydrogen-bond acceptors (Lipinski definition) is 8. The molecule has 6 rings (SSSR count). The molecule has 0 spiro atoms. The van der Waals surface area contributed by atoms with Gasteiger partial charge in [0.25, 0.3) is 11.8 Å². The number of ether oxygens (including phenoxy) is 1. The third-order valence-corrected chi connectivity index (χ3v) is 9.41. The van der Waals surface area contributed by atoms with Gasteiger partial charge in [-0.2, -0.15) is 5.10 Å². The number of anilines is 1. The smallest absolute Gasteiger partial charge is 0.291 e. The molecule has 2 saturated heterocycles. The SMILES string of the molecule is COCCn1cc(-c2ccc(-c3cnc(C(=O)Nc4ccc(C(=O)N5CCN(C(=O)[C@H]6NCC[C@@H]6O)CC5)c(Cl)c4)n3C)c(F)c2F)c(C)n1. The van der Waals surface area contributed by atoms with Gasteiger partial charge in [0.15, 0.2) is 17.5 Å². The van der Waals surface area contributed by atoms with Crippen LogP contribution in [-0.2, 0) is 23.1 Å². The van der Waals surface area contributed by atoms with Gasteiger partial charge in [0, 0.05) is 68.9 Å². The fourth-order valence-corrected chi connectivity index (χ4v) is 6.56. The van der Waals surface area contributed by atoms with Crippen LogP contribution in [0.15, 0.2) is 42.7 Å². The first-order valence-electron chi connectivity index (χ1n) is 16.1. The Hall–Kier alpha value is -4.70. The molecule has 2 fully saturated rings. The van der Waals surface area contributed by atoms with E-state index in [1.54, 1.807) is 34.7 Å². The van der Waals surface area contributed by atoms with Crippen molar-refractivity contribution >= 4 is 35.0 Å². The molecule has 0 bridgehead atoms. The first kappa shape index (κ1) is 35.1. The Kier molecular flexibility index (Phi) is 10.3. The lowest BCUT2D eigenvalue weighted by molar-refractivity contribution is -0.136. The van der Waals surface area contributed by atoms with Crippen LogP contribution in [0.25, 0.3) is 22.4 Å². The average Bonchev–Trinajstić information content (AvgIpc) is 3.82. The lowest BCUT2D eigenvalue weighted by Crippen LogP contribution is -2.55. The van der Waals surface area contributed by atoms with Gasteiger partial charge in [0.1, 0.15) is 6.04 Å². The van der Waals surface area contributed by atoms with E-state index in [0.717, 1.165) is 0 Å². The van der Waals surface area contributed by atoms with E-state index in [1.807, 2.05) is 0 Å². The predicted octanol–water partition coefficient (Wildman–Crippen LogP) is 3.10. The minimum absolute atomic E-state index is 0.0568. The van der Waals surface area contributed by atoms with E-state index in [-0.39, 0.29) is 45.0 Å². The fraction of sp³-hybridized carbons (Fsp3) is 0.382. The van der Waals surface area contributed by atoms with Crippen LogP contribution in [0.2, 0.25) is 5.02 Å². The van der Waals surface area contributed by atoms with Crippen molar-refractivity contribution in [1.29, 1.82) is 0 Å². The van der Waals surface area contributed by atoms with Crippen molar-refractivity contribution < 1.29 is 33.0 Å². The first-order chi connectivity index (χ1) is 24.0. The number of hydrogen-bond donors (Lipinski definition) is 3. The quantitative estimate of drug-likeness (QED) is 0.240. The minimum Gasteiger partial charge on any atom is -0.391 e. The Morgan fingerprint density at radius 1 is 1.06 bits per heavy atom. The lowest BCUT2D eigenvalue weighted by atomic mass is 10.0. The van der Waals surface area contributed by atoms with E-state index in [9.17, 15) is 19.5 Å². The second-order valence-corrected chi connectivity index (χ2v) is 12.7. The average molecular weight is 711 g/mol. The molecule has 2 aliphatic rings. The van der Waals surface area contributed by atoms with Crippen LogP contribution >= 0.6 is 11.6 Å². The Bertz CT molecular complexity index is 1940. The lowest BCUT2D eigenvalue weighted by Gasteiger charge is -2.36. The van der Waals surface area contributed by atoms with Crippen LogP contribution in [0.3, 0.4) is 0 Å².